The van der Waals surface area contributed by atoms with E-state index in [1.54, 1.807) is 6.92 Å². The van der Waals surface area contributed by atoms with Crippen LogP contribution >= 0.6 is 0 Å². The lowest BCUT2D eigenvalue weighted by molar-refractivity contribution is 0.958. The molecule has 0 bridgehead atoms. The summed E-state index contributed by atoms with van der Waals surface area (Å²) in [6.45, 7) is 1.59. The number of hydrogen-bond donors (Lipinski definition) is 3. The van der Waals surface area contributed by atoms with Crippen LogP contribution in [0.15, 0.2) is 9.59 Å². The van der Waals surface area contributed by atoms with Crippen LogP contribution in [0.3, 0.4) is 0 Å². The molecule has 7 heteroatoms. The van der Waals surface area contributed by atoms with Crippen molar-refractivity contribution in [2.45, 2.75) is 6.92 Å². The molecule has 0 atom stereocenters. The summed E-state index contributed by atoms with van der Waals surface area (Å²) >= 11 is 0. The van der Waals surface area contributed by atoms with Gasteiger partial charge in [0.2, 0.25) is 0 Å². The van der Waals surface area contributed by atoms with Gasteiger partial charge in [-0.15, -0.1) is 0 Å². The number of aromatic amines is 2. The monoisotopic (exact) mass is 193 g/mol. The van der Waals surface area contributed by atoms with Crippen molar-refractivity contribution in [3.05, 3.63) is 26.5 Å². The third kappa shape index (κ3) is 1.06. The van der Waals surface area contributed by atoms with Gasteiger partial charge in [-0.25, -0.2) is 9.97 Å². The lowest BCUT2D eigenvalue weighted by Gasteiger charge is -1.99. The third-order valence-electron chi connectivity index (χ3n) is 1.78. The minimum atomic E-state index is -0.503. The molecule has 0 fully saturated rings. The molecule has 2 rings (SSSR count). The number of nitrogens with two attached hydrogens (primary N) is 1. The van der Waals surface area contributed by atoms with Crippen LogP contribution in [0.25, 0.3) is 10.9 Å². The summed E-state index contributed by atoms with van der Waals surface area (Å²) in [4.78, 5) is 30.2. The fraction of sp³-hybridized carbons (Fsp3) is 0.143. The molecule has 0 saturated carbocycles. The lowest BCUT2D eigenvalue weighted by atomic mass is 10.3. The van der Waals surface area contributed by atoms with Gasteiger partial charge < -0.3 is 5.73 Å². The lowest BCUT2D eigenvalue weighted by Crippen LogP contribution is -2.22. The highest BCUT2D eigenvalue weighted by atomic mass is 16.1. The molecule has 0 spiro atoms. The number of nitrogen functional groups attached to an aromatic ring is 1. The van der Waals surface area contributed by atoms with Crippen LogP contribution in [0.2, 0.25) is 0 Å². The van der Waals surface area contributed by atoms with Crippen molar-refractivity contribution in [1.29, 1.82) is 0 Å². The summed E-state index contributed by atoms with van der Waals surface area (Å²) in [6, 6.07) is 0. The van der Waals surface area contributed by atoms with Crippen LogP contribution in [0.4, 0.5) is 5.82 Å². The van der Waals surface area contributed by atoms with Crippen LogP contribution in [-0.4, -0.2) is 20.2 Å². The van der Waals surface area contributed by atoms with Crippen molar-refractivity contribution >= 4 is 16.7 Å². The first-order valence-electron chi connectivity index (χ1n) is 3.84. The van der Waals surface area contributed by atoms with Crippen LogP contribution < -0.4 is 16.9 Å². The first-order valence-corrected chi connectivity index (χ1v) is 3.84. The van der Waals surface area contributed by atoms with E-state index < -0.39 is 11.1 Å². The fourth-order valence-corrected chi connectivity index (χ4v) is 1.22. The van der Waals surface area contributed by atoms with Gasteiger partial charge >= 0.3 is 0 Å². The molecule has 72 valence electrons. The molecule has 0 aliphatic carbocycles. The quantitative estimate of drug-likeness (QED) is 0.490. The largest absolute Gasteiger partial charge is 0.383 e. The number of hydrogen-bond acceptors (Lipinski definition) is 5. The van der Waals surface area contributed by atoms with E-state index in [0.717, 1.165) is 0 Å². The van der Waals surface area contributed by atoms with Crippen molar-refractivity contribution in [2.75, 3.05) is 5.73 Å². The summed E-state index contributed by atoms with van der Waals surface area (Å²) in [6.07, 6.45) is 0. The number of aryl methyl sites for hydroxylation is 1. The maximum atomic E-state index is 11.3. The highest BCUT2D eigenvalue weighted by Gasteiger charge is 2.09. The van der Waals surface area contributed by atoms with Crippen LogP contribution in [0.1, 0.15) is 5.82 Å². The predicted octanol–water partition coefficient (Wildman–Crippen LogP) is -1.10. The Labute approximate surface area is 77.0 Å². The molecule has 0 aliphatic rings. The predicted molar refractivity (Wildman–Crippen MR) is 49.9 cm³/mol. The number of anilines is 1. The maximum absolute atomic E-state index is 11.3. The van der Waals surface area contributed by atoms with Gasteiger partial charge in [0, 0.05) is 0 Å². The van der Waals surface area contributed by atoms with E-state index in [4.69, 9.17) is 5.73 Å². The molecule has 7 nitrogen and oxygen atoms in total. The van der Waals surface area contributed by atoms with E-state index in [1.165, 1.54) is 0 Å². The molecular weight excluding hydrogens is 186 g/mol. The van der Waals surface area contributed by atoms with Crippen molar-refractivity contribution in [2.24, 2.45) is 0 Å². The Morgan fingerprint density at radius 2 is 1.79 bits per heavy atom. The van der Waals surface area contributed by atoms with E-state index in [0.29, 0.717) is 5.82 Å². The Kier molecular flexibility index (Phi) is 1.60. The smallest absolute Gasteiger partial charge is 0.289 e. The zero-order chi connectivity index (χ0) is 10.3. The highest BCUT2D eigenvalue weighted by Crippen LogP contribution is 2.07. The van der Waals surface area contributed by atoms with Crippen molar-refractivity contribution in [3.63, 3.8) is 0 Å². The van der Waals surface area contributed by atoms with Gasteiger partial charge in [-0.1, -0.05) is 0 Å². The number of rotatable bonds is 0. The number of nitrogens with one attached hydrogen (secondary N) is 2. The molecule has 14 heavy (non-hydrogen) atoms. The summed E-state index contributed by atoms with van der Waals surface area (Å²) in [5, 5.41) is 4.34. The minimum absolute atomic E-state index is 0.0127. The van der Waals surface area contributed by atoms with Gasteiger partial charge in [0.25, 0.3) is 11.1 Å². The molecule has 2 aromatic heterocycles. The molecule has 0 aromatic carbocycles. The molecule has 0 saturated heterocycles. The maximum Gasteiger partial charge on any atom is 0.289 e. The van der Waals surface area contributed by atoms with Crippen molar-refractivity contribution in [1.82, 2.24) is 20.2 Å². The van der Waals surface area contributed by atoms with Gasteiger partial charge in [-0.2, -0.15) is 0 Å². The second-order valence-electron chi connectivity index (χ2n) is 2.79. The molecule has 0 aliphatic heterocycles. The van der Waals surface area contributed by atoms with Gasteiger partial charge in [-0.3, -0.25) is 19.8 Å². The number of fused-ring (bicyclic) bond motifs is 1. The summed E-state index contributed by atoms with van der Waals surface area (Å²) in [7, 11) is 0. The van der Waals surface area contributed by atoms with Crippen molar-refractivity contribution in [3.8, 4) is 0 Å². The molecule has 2 heterocycles. The van der Waals surface area contributed by atoms with Gasteiger partial charge in [0.05, 0.1) is 0 Å². The Bertz CT molecular complexity index is 611. The van der Waals surface area contributed by atoms with Gasteiger partial charge in [0.15, 0.2) is 0 Å². The standard InChI is InChI=1S/C7H7N5O2/c1-2-9-4-3(5(8)10-2)6(13)11-12-7(4)14/h1H3,(H,11,13)(H,12,14)(H2,8,9,10). The SMILES string of the molecule is Cc1nc(N)c2c(=O)[nH][nH]c(=O)c2n1. The number of nitrogens with zero attached hydrogens (tertiary/aromatic N) is 2. The average molecular weight is 193 g/mol. The molecule has 0 radical (unpaired) electrons. The highest BCUT2D eigenvalue weighted by molar-refractivity contribution is 5.85. The second-order valence-corrected chi connectivity index (χ2v) is 2.79. The third-order valence-corrected chi connectivity index (χ3v) is 1.78. The van der Waals surface area contributed by atoms with Crippen LogP contribution in [0.5, 0.6) is 0 Å². The van der Waals surface area contributed by atoms with E-state index in [2.05, 4.69) is 20.2 Å². The number of H-pyrrole nitrogens is 2. The van der Waals surface area contributed by atoms with E-state index >= 15 is 0 Å². The zero-order valence-electron chi connectivity index (χ0n) is 7.29. The van der Waals surface area contributed by atoms with Gasteiger partial charge in [0.1, 0.15) is 22.5 Å². The van der Waals surface area contributed by atoms with E-state index in [-0.39, 0.29) is 16.7 Å². The normalized spacial score (nSPS) is 10.6. The topological polar surface area (TPSA) is 118 Å². The summed E-state index contributed by atoms with van der Waals surface area (Å²) < 4.78 is 0. The Balaban J connectivity index is 3.16. The first kappa shape index (κ1) is 8.42. The summed E-state index contributed by atoms with van der Waals surface area (Å²) in [5.74, 6) is 0.367. The number of aromatic nitrogens is 4. The van der Waals surface area contributed by atoms with Crippen LogP contribution in [0, 0.1) is 6.92 Å². The van der Waals surface area contributed by atoms with E-state index in [1.807, 2.05) is 0 Å². The van der Waals surface area contributed by atoms with E-state index in [9.17, 15) is 9.59 Å². The Morgan fingerprint density at radius 3 is 2.50 bits per heavy atom. The Hall–Kier alpha value is -2.18. The van der Waals surface area contributed by atoms with Gasteiger partial charge in [-0.05, 0) is 6.92 Å². The summed E-state index contributed by atoms with van der Waals surface area (Å²) in [5.41, 5.74) is 4.52. The molecule has 2 aromatic rings. The zero-order valence-corrected chi connectivity index (χ0v) is 7.29. The molecular formula is C7H7N5O2. The second kappa shape index (κ2) is 2.66. The first-order chi connectivity index (χ1) is 6.59. The molecule has 0 amide bonds. The fourth-order valence-electron chi connectivity index (χ4n) is 1.22. The van der Waals surface area contributed by atoms with Crippen molar-refractivity contribution < 1.29 is 0 Å². The minimum Gasteiger partial charge on any atom is -0.383 e. The molecule has 0 unspecified atom stereocenters. The van der Waals surface area contributed by atoms with Crippen LogP contribution in [-0.2, 0) is 0 Å². The molecule has 4 N–H and O–H groups in total. The Morgan fingerprint density at radius 1 is 1.14 bits per heavy atom. The average Bonchev–Trinajstić information content (AvgIpc) is 2.10.